The number of fused-ring (bicyclic) bond motifs is 1. The predicted octanol–water partition coefficient (Wildman–Crippen LogP) is 5.19. The van der Waals surface area contributed by atoms with Crippen LogP contribution in [0.25, 0.3) is 6.08 Å². The number of anilines is 2. The highest BCUT2D eigenvalue weighted by Gasteiger charge is 2.23. The molecule has 4 rings (SSSR count). The van der Waals surface area contributed by atoms with Crippen LogP contribution in [0.2, 0.25) is 5.02 Å². The van der Waals surface area contributed by atoms with Crippen LogP contribution in [0, 0.1) is 0 Å². The van der Waals surface area contributed by atoms with E-state index in [9.17, 15) is 4.79 Å². The van der Waals surface area contributed by atoms with E-state index in [1.165, 1.54) is 6.08 Å². The van der Waals surface area contributed by atoms with Crippen molar-refractivity contribution in [1.29, 1.82) is 0 Å². The van der Waals surface area contributed by atoms with E-state index in [-0.39, 0.29) is 12.1 Å². The number of halogens is 1. The molecule has 3 aromatic rings. The molecular weight excluding hydrogens is 392 g/mol. The molecule has 0 aliphatic carbocycles. The topological polar surface area (TPSA) is 70.7 Å². The molecule has 0 bridgehead atoms. The predicted molar refractivity (Wildman–Crippen MR) is 117 cm³/mol. The maximum absolute atomic E-state index is 12.1. The van der Waals surface area contributed by atoms with Crippen molar-refractivity contribution < 1.29 is 4.79 Å². The van der Waals surface area contributed by atoms with Crippen molar-refractivity contribution in [3.63, 3.8) is 0 Å². The first-order valence-electron chi connectivity index (χ1n) is 8.60. The maximum atomic E-state index is 12.1. The molecule has 0 fully saturated rings. The molecule has 1 aliphatic heterocycles. The number of nitrogens with one attached hydrogen (secondary N) is 1. The fourth-order valence-corrected chi connectivity index (χ4v) is 3.86. The molecule has 1 unspecified atom stereocenters. The molecule has 0 radical (unpaired) electrons. The molecule has 0 saturated carbocycles. The van der Waals surface area contributed by atoms with E-state index in [4.69, 9.17) is 17.3 Å². The van der Waals surface area contributed by atoms with E-state index in [1.807, 2.05) is 52.7 Å². The van der Waals surface area contributed by atoms with Crippen molar-refractivity contribution in [2.75, 3.05) is 10.2 Å². The Hall–Kier alpha value is -2.93. The number of nitrogens with two attached hydrogens (primary N) is 1. The lowest BCUT2D eigenvalue weighted by Gasteiger charge is -2.29. The number of hydrogen-bond acceptors (Lipinski definition) is 5. The van der Waals surface area contributed by atoms with Gasteiger partial charge < -0.3 is 16.0 Å². The first-order chi connectivity index (χ1) is 13.6. The zero-order valence-electron chi connectivity index (χ0n) is 14.7. The largest absolute Gasteiger partial charge is 0.323 e. The highest BCUT2D eigenvalue weighted by molar-refractivity contribution is 7.14. The van der Waals surface area contributed by atoms with Crippen molar-refractivity contribution in [2.24, 2.45) is 10.7 Å². The molecule has 28 heavy (non-hydrogen) atoms. The summed E-state index contributed by atoms with van der Waals surface area (Å²) < 4.78 is 0. The lowest BCUT2D eigenvalue weighted by molar-refractivity contribution is -0.111. The van der Waals surface area contributed by atoms with Crippen molar-refractivity contribution >= 4 is 57.6 Å². The van der Waals surface area contributed by atoms with Crippen LogP contribution in [0.5, 0.6) is 0 Å². The molecule has 1 aliphatic rings. The van der Waals surface area contributed by atoms with Crippen LogP contribution in [0.4, 0.5) is 16.4 Å². The second-order valence-corrected chi connectivity index (χ2v) is 7.53. The molecule has 2 heterocycles. The standard InChI is InChI=1S/C21H17ClN4OS/c22-15-3-1-2-14(12-15)4-9-19(27)25-16-5-7-17(8-6-16)26-13-24-21-18(20(26)23)10-11-28-21/h1-13,20H,23H2,(H,25,27). The summed E-state index contributed by atoms with van der Waals surface area (Å²) in [4.78, 5) is 18.5. The Bertz CT molecular complexity index is 1060. The summed E-state index contributed by atoms with van der Waals surface area (Å²) in [7, 11) is 0. The number of thiophene rings is 1. The van der Waals surface area contributed by atoms with Crippen LogP contribution in [0.3, 0.4) is 0 Å². The average Bonchev–Trinajstić information content (AvgIpc) is 3.17. The van der Waals surface area contributed by atoms with E-state index >= 15 is 0 Å². The average molecular weight is 409 g/mol. The second kappa shape index (κ2) is 7.98. The summed E-state index contributed by atoms with van der Waals surface area (Å²) >= 11 is 7.52. The molecule has 1 amide bonds. The monoisotopic (exact) mass is 408 g/mol. The lowest BCUT2D eigenvalue weighted by atomic mass is 10.2. The molecule has 2 aromatic carbocycles. The normalized spacial score (nSPS) is 15.6. The van der Waals surface area contributed by atoms with Crippen molar-refractivity contribution in [3.8, 4) is 0 Å². The Kier molecular flexibility index (Phi) is 5.25. The summed E-state index contributed by atoms with van der Waals surface area (Å²) in [6, 6.07) is 16.8. The van der Waals surface area contributed by atoms with Crippen molar-refractivity contribution in [3.05, 3.63) is 82.2 Å². The number of nitrogens with zero attached hydrogens (tertiary/aromatic N) is 2. The van der Waals surface area contributed by atoms with Gasteiger partial charge in [0.15, 0.2) is 0 Å². The number of hydrogen-bond donors (Lipinski definition) is 2. The van der Waals surface area contributed by atoms with E-state index in [0.717, 1.165) is 21.8 Å². The molecule has 1 atom stereocenters. The quantitative estimate of drug-likeness (QED) is 0.583. The lowest BCUT2D eigenvalue weighted by Crippen LogP contribution is -2.35. The highest BCUT2D eigenvalue weighted by Crippen LogP contribution is 2.36. The van der Waals surface area contributed by atoms with Gasteiger partial charge in [0.1, 0.15) is 11.2 Å². The zero-order chi connectivity index (χ0) is 19.5. The Morgan fingerprint density at radius 1 is 1.21 bits per heavy atom. The van der Waals surface area contributed by atoms with Gasteiger partial charge in [-0.05, 0) is 59.5 Å². The van der Waals surface area contributed by atoms with Crippen LogP contribution in [-0.4, -0.2) is 12.2 Å². The van der Waals surface area contributed by atoms with Crippen molar-refractivity contribution in [1.82, 2.24) is 0 Å². The third-order valence-electron chi connectivity index (χ3n) is 4.30. The fraction of sp³-hybridized carbons (Fsp3) is 0.0476. The molecule has 0 saturated heterocycles. The van der Waals surface area contributed by atoms with Crippen molar-refractivity contribution in [2.45, 2.75) is 6.17 Å². The molecule has 7 heteroatoms. The molecular formula is C21H17ClN4OS. The molecule has 140 valence electrons. The van der Waals surface area contributed by atoms with Crippen LogP contribution >= 0.6 is 22.9 Å². The van der Waals surface area contributed by atoms with Gasteiger partial charge in [-0.25, -0.2) is 4.99 Å². The van der Waals surface area contributed by atoms with Crippen LogP contribution in [0.15, 0.2) is 71.0 Å². The summed E-state index contributed by atoms with van der Waals surface area (Å²) in [6.45, 7) is 0. The van der Waals surface area contributed by atoms with Gasteiger partial charge in [0.25, 0.3) is 0 Å². The number of carbonyl (C=O) groups excluding carboxylic acids is 1. The van der Waals surface area contributed by atoms with E-state index in [0.29, 0.717) is 10.7 Å². The number of aliphatic imine (C=N–C) groups is 1. The zero-order valence-corrected chi connectivity index (χ0v) is 16.3. The third-order valence-corrected chi connectivity index (χ3v) is 5.37. The van der Waals surface area contributed by atoms with Gasteiger partial charge in [-0.15, -0.1) is 11.3 Å². The number of rotatable bonds is 4. The van der Waals surface area contributed by atoms with Crippen LogP contribution in [0.1, 0.15) is 17.3 Å². The summed E-state index contributed by atoms with van der Waals surface area (Å²) in [5, 5.41) is 6.40. The van der Waals surface area contributed by atoms with E-state index in [1.54, 1.807) is 35.9 Å². The number of carbonyl (C=O) groups is 1. The molecule has 5 nitrogen and oxygen atoms in total. The van der Waals surface area contributed by atoms with Crippen LogP contribution in [-0.2, 0) is 4.79 Å². The van der Waals surface area contributed by atoms with Gasteiger partial charge in [0, 0.05) is 28.0 Å². The first-order valence-corrected chi connectivity index (χ1v) is 9.86. The van der Waals surface area contributed by atoms with Gasteiger partial charge in [0.05, 0.1) is 6.34 Å². The molecule has 0 spiro atoms. The minimum Gasteiger partial charge on any atom is -0.323 e. The van der Waals surface area contributed by atoms with Gasteiger partial charge in [-0.3, -0.25) is 4.79 Å². The fourth-order valence-electron chi connectivity index (χ4n) is 2.89. The van der Waals surface area contributed by atoms with Gasteiger partial charge in [0.2, 0.25) is 5.91 Å². The molecule has 1 aromatic heterocycles. The Balaban J connectivity index is 1.42. The van der Waals surface area contributed by atoms with E-state index < -0.39 is 0 Å². The highest BCUT2D eigenvalue weighted by atomic mass is 35.5. The molecule has 3 N–H and O–H groups in total. The Labute approximate surface area is 171 Å². The second-order valence-electron chi connectivity index (χ2n) is 6.20. The Morgan fingerprint density at radius 2 is 2.04 bits per heavy atom. The Morgan fingerprint density at radius 3 is 2.82 bits per heavy atom. The van der Waals surface area contributed by atoms with Gasteiger partial charge in [-0.1, -0.05) is 23.7 Å². The SMILES string of the molecule is NC1c2ccsc2N=CN1c1ccc(NC(=O)C=Cc2cccc(Cl)c2)cc1. The number of amides is 1. The van der Waals surface area contributed by atoms with Crippen LogP contribution < -0.4 is 16.0 Å². The minimum atomic E-state index is -0.278. The first kappa shape index (κ1) is 18.4. The maximum Gasteiger partial charge on any atom is 0.248 e. The third kappa shape index (κ3) is 3.99. The van der Waals surface area contributed by atoms with Gasteiger partial charge >= 0.3 is 0 Å². The minimum absolute atomic E-state index is 0.216. The van der Waals surface area contributed by atoms with Gasteiger partial charge in [-0.2, -0.15) is 0 Å². The smallest absolute Gasteiger partial charge is 0.248 e. The summed E-state index contributed by atoms with van der Waals surface area (Å²) in [5.41, 5.74) is 9.82. The summed E-state index contributed by atoms with van der Waals surface area (Å²) in [5.74, 6) is -0.216. The van der Waals surface area contributed by atoms with E-state index in [2.05, 4.69) is 10.3 Å². The summed E-state index contributed by atoms with van der Waals surface area (Å²) in [6.07, 6.45) is 4.66. The number of benzene rings is 2.